The number of carbonyl (C=O) groups is 1. The summed E-state index contributed by atoms with van der Waals surface area (Å²) in [5, 5.41) is 2.99. The molecule has 2 unspecified atom stereocenters. The molecule has 0 radical (unpaired) electrons. The lowest BCUT2D eigenvalue weighted by Gasteiger charge is -2.21. The van der Waals surface area contributed by atoms with E-state index in [0.717, 1.165) is 19.3 Å². The topological polar surface area (TPSA) is 55.1 Å². The molecule has 0 aliphatic heterocycles. The van der Waals surface area contributed by atoms with E-state index in [0.29, 0.717) is 12.5 Å². The van der Waals surface area contributed by atoms with Crippen LogP contribution < -0.4 is 11.1 Å². The van der Waals surface area contributed by atoms with Crippen molar-refractivity contribution in [3.63, 3.8) is 0 Å². The first-order valence-electron chi connectivity index (χ1n) is 6.45. The van der Waals surface area contributed by atoms with Crippen LogP contribution in [0.2, 0.25) is 0 Å². The molecule has 3 nitrogen and oxygen atoms in total. The third kappa shape index (κ3) is 3.21. The molecule has 1 aliphatic rings. The molecule has 1 fully saturated rings. The van der Waals surface area contributed by atoms with Gasteiger partial charge in [-0.2, -0.15) is 0 Å². The van der Waals surface area contributed by atoms with Gasteiger partial charge in [0.05, 0.1) is 0 Å². The van der Waals surface area contributed by atoms with E-state index in [9.17, 15) is 4.79 Å². The highest BCUT2D eigenvalue weighted by atomic mass is 16.2. The molecule has 0 heterocycles. The van der Waals surface area contributed by atoms with E-state index in [1.54, 1.807) is 0 Å². The minimum Gasteiger partial charge on any atom is -0.354 e. The van der Waals surface area contributed by atoms with E-state index in [1.165, 1.54) is 0 Å². The molecule has 1 amide bonds. The Morgan fingerprint density at radius 2 is 1.94 bits per heavy atom. The average Bonchev–Trinajstić information content (AvgIpc) is 2.86. The van der Waals surface area contributed by atoms with Crippen LogP contribution in [-0.2, 0) is 4.79 Å². The van der Waals surface area contributed by atoms with Crippen molar-refractivity contribution >= 4 is 5.91 Å². The summed E-state index contributed by atoms with van der Waals surface area (Å²) >= 11 is 0. The molecule has 3 heteroatoms. The molecule has 16 heavy (non-hydrogen) atoms. The standard InChI is InChI=1S/C13H26N2O/c1-5-9(6-2)11(14)8-15-12(16)10-7-13(10,3)4/h9-11H,5-8,14H2,1-4H3,(H,15,16). The molecule has 0 spiro atoms. The van der Waals surface area contributed by atoms with E-state index in [2.05, 4.69) is 33.0 Å². The summed E-state index contributed by atoms with van der Waals surface area (Å²) in [6.45, 7) is 9.20. The molecule has 1 aliphatic carbocycles. The van der Waals surface area contributed by atoms with Crippen molar-refractivity contribution < 1.29 is 4.79 Å². The van der Waals surface area contributed by atoms with E-state index in [1.807, 2.05) is 0 Å². The van der Waals surface area contributed by atoms with Gasteiger partial charge in [0.1, 0.15) is 0 Å². The molecule has 0 aromatic carbocycles. The Labute approximate surface area is 99.2 Å². The minimum atomic E-state index is 0.0980. The van der Waals surface area contributed by atoms with Crippen LogP contribution in [-0.4, -0.2) is 18.5 Å². The van der Waals surface area contributed by atoms with Crippen LogP contribution >= 0.6 is 0 Å². The highest BCUT2D eigenvalue weighted by Gasteiger charge is 2.50. The van der Waals surface area contributed by atoms with Crippen molar-refractivity contribution in [3.8, 4) is 0 Å². The van der Waals surface area contributed by atoms with Gasteiger partial charge in [-0.15, -0.1) is 0 Å². The summed E-state index contributed by atoms with van der Waals surface area (Å²) in [6.07, 6.45) is 3.18. The van der Waals surface area contributed by atoms with Crippen molar-refractivity contribution in [2.75, 3.05) is 6.54 Å². The second-order valence-electron chi connectivity index (χ2n) is 5.73. The third-order valence-electron chi connectivity index (χ3n) is 4.00. The number of amides is 1. The number of nitrogens with two attached hydrogens (primary N) is 1. The van der Waals surface area contributed by atoms with Gasteiger partial charge in [-0.25, -0.2) is 0 Å². The highest BCUT2D eigenvalue weighted by Crippen LogP contribution is 2.51. The van der Waals surface area contributed by atoms with Gasteiger partial charge in [-0.1, -0.05) is 40.5 Å². The number of carbonyl (C=O) groups excluding carboxylic acids is 1. The number of nitrogens with one attached hydrogen (secondary N) is 1. The van der Waals surface area contributed by atoms with Gasteiger partial charge in [0.15, 0.2) is 0 Å². The molecule has 0 saturated heterocycles. The second kappa shape index (κ2) is 5.17. The Balaban J connectivity index is 2.27. The van der Waals surface area contributed by atoms with E-state index in [-0.39, 0.29) is 23.3 Å². The van der Waals surface area contributed by atoms with Crippen molar-refractivity contribution in [3.05, 3.63) is 0 Å². The zero-order chi connectivity index (χ0) is 12.3. The summed E-state index contributed by atoms with van der Waals surface area (Å²) in [5.74, 6) is 0.917. The molecule has 94 valence electrons. The average molecular weight is 226 g/mol. The van der Waals surface area contributed by atoms with E-state index >= 15 is 0 Å². The Morgan fingerprint density at radius 3 is 2.31 bits per heavy atom. The SMILES string of the molecule is CCC(CC)C(N)CNC(=O)C1CC1(C)C. The van der Waals surface area contributed by atoms with E-state index in [4.69, 9.17) is 5.73 Å². The van der Waals surface area contributed by atoms with Crippen molar-refractivity contribution in [2.24, 2.45) is 23.0 Å². The first-order valence-corrected chi connectivity index (χ1v) is 6.45. The van der Waals surface area contributed by atoms with Gasteiger partial charge in [-0.3, -0.25) is 4.79 Å². The Hall–Kier alpha value is -0.570. The van der Waals surface area contributed by atoms with Gasteiger partial charge >= 0.3 is 0 Å². The number of hydrogen-bond acceptors (Lipinski definition) is 2. The lowest BCUT2D eigenvalue weighted by Crippen LogP contribution is -2.42. The smallest absolute Gasteiger partial charge is 0.223 e. The van der Waals surface area contributed by atoms with Crippen LogP contribution in [0.25, 0.3) is 0 Å². The monoisotopic (exact) mass is 226 g/mol. The highest BCUT2D eigenvalue weighted by molar-refractivity contribution is 5.82. The van der Waals surface area contributed by atoms with Crippen molar-refractivity contribution in [2.45, 2.75) is 53.0 Å². The van der Waals surface area contributed by atoms with Crippen LogP contribution in [0.15, 0.2) is 0 Å². The van der Waals surface area contributed by atoms with Gasteiger partial charge < -0.3 is 11.1 Å². The first-order chi connectivity index (χ1) is 7.42. The summed E-state index contributed by atoms with van der Waals surface area (Å²) in [7, 11) is 0. The predicted octanol–water partition coefficient (Wildman–Crippen LogP) is 1.91. The molecule has 0 bridgehead atoms. The van der Waals surface area contributed by atoms with Gasteiger partial charge in [0.2, 0.25) is 5.91 Å². The Kier molecular flexibility index (Phi) is 4.36. The van der Waals surface area contributed by atoms with Crippen molar-refractivity contribution in [1.29, 1.82) is 0 Å². The lowest BCUT2D eigenvalue weighted by molar-refractivity contribution is -0.123. The Morgan fingerprint density at radius 1 is 1.44 bits per heavy atom. The van der Waals surface area contributed by atoms with E-state index < -0.39 is 0 Å². The maximum Gasteiger partial charge on any atom is 0.223 e. The van der Waals surface area contributed by atoms with Crippen LogP contribution in [0.5, 0.6) is 0 Å². The maximum atomic E-state index is 11.8. The maximum absolute atomic E-state index is 11.8. The zero-order valence-electron chi connectivity index (χ0n) is 11.0. The lowest BCUT2D eigenvalue weighted by atomic mass is 9.95. The minimum absolute atomic E-state index is 0.0980. The molecule has 1 rings (SSSR count). The van der Waals surface area contributed by atoms with Crippen LogP contribution in [0.3, 0.4) is 0 Å². The summed E-state index contributed by atoms with van der Waals surface area (Å²) in [6, 6.07) is 0.0980. The van der Waals surface area contributed by atoms with Crippen molar-refractivity contribution in [1.82, 2.24) is 5.32 Å². The number of rotatable bonds is 6. The van der Waals surface area contributed by atoms with Gasteiger partial charge in [0, 0.05) is 18.5 Å². The van der Waals surface area contributed by atoms with Crippen LogP contribution in [0.4, 0.5) is 0 Å². The van der Waals surface area contributed by atoms with Crippen LogP contribution in [0, 0.1) is 17.3 Å². The Bertz CT molecular complexity index is 246. The predicted molar refractivity (Wildman–Crippen MR) is 66.9 cm³/mol. The van der Waals surface area contributed by atoms with Gasteiger partial charge in [-0.05, 0) is 17.8 Å². The summed E-state index contributed by atoms with van der Waals surface area (Å²) in [4.78, 5) is 11.8. The van der Waals surface area contributed by atoms with Crippen LogP contribution in [0.1, 0.15) is 47.0 Å². The first kappa shape index (κ1) is 13.5. The summed E-state index contributed by atoms with van der Waals surface area (Å²) in [5.41, 5.74) is 6.27. The molecule has 2 atom stereocenters. The normalized spacial score (nSPS) is 24.2. The molecule has 1 saturated carbocycles. The molecule has 0 aromatic rings. The largest absolute Gasteiger partial charge is 0.354 e. The molecule has 3 N–H and O–H groups in total. The molecule has 0 aromatic heterocycles. The fourth-order valence-electron chi connectivity index (χ4n) is 2.32. The fourth-order valence-corrected chi connectivity index (χ4v) is 2.32. The zero-order valence-corrected chi connectivity index (χ0v) is 11.0. The number of hydrogen-bond donors (Lipinski definition) is 2. The third-order valence-corrected chi connectivity index (χ3v) is 4.00. The summed E-state index contributed by atoms with van der Waals surface area (Å²) < 4.78 is 0. The van der Waals surface area contributed by atoms with Gasteiger partial charge in [0.25, 0.3) is 0 Å². The molecular weight excluding hydrogens is 200 g/mol. The second-order valence-corrected chi connectivity index (χ2v) is 5.73. The molecular formula is C13H26N2O. The quantitative estimate of drug-likeness (QED) is 0.727. The fraction of sp³-hybridized carbons (Fsp3) is 0.923.